The number of nitrogens with one attached hydrogen (secondary N) is 1. The molecule has 1 heterocycles. The molecule has 0 aromatic carbocycles. The van der Waals surface area contributed by atoms with Gasteiger partial charge < -0.3 is 40.3 Å². The summed E-state index contributed by atoms with van der Waals surface area (Å²) in [6.45, 7) is 3.75. The Kier molecular flexibility index (Phi) is 38.0. The van der Waals surface area contributed by atoms with Crippen LogP contribution in [0.15, 0.2) is 36.5 Å². The fraction of sp³-hybridized carbons (Fsp3) is 0.860. The Hall–Kier alpha value is -1.59. The topological polar surface area (TPSA) is 149 Å². The molecule has 1 aliphatic rings. The molecule has 0 saturated carbocycles. The van der Waals surface area contributed by atoms with Crippen molar-refractivity contribution in [2.75, 3.05) is 13.2 Å². The minimum Gasteiger partial charge on any atom is -0.394 e. The summed E-state index contributed by atoms with van der Waals surface area (Å²) >= 11 is 0. The molecule has 0 bridgehead atoms. The van der Waals surface area contributed by atoms with E-state index in [0.717, 1.165) is 51.4 Å². The van der Waals surface area contributed by atoms with Crippen LogP contribution in [0.1, 0.15) is 219 Å². The smallest absolute Gasteiger partial charge is 0.220 e. The van der Waals surface area contributed by atoms with E-state index in [0.29, 0.717) is 6.42 Å². The van der Waals surface area contributed by atoms with Crippen LogP contribution in [0.3, 0.4) is 0 Å². The van der Waals surface area contributed by atoms with Crippen LogP contribution < -0.4 is 5.32 Å². The Labute approximate surface area is 361 Å². The number of carbonyl (C=O) groups excluding carboxylic acids is 1. The largest absolute Gasteiger partial charge is 0.394 e. The standard InChI is InChI=1S/C50H93NO8/c1-3-5-7-9-11-13-15-17-18-19-20-21-22-23-24-25-26-28-30-32-34-36-38-40-46(54)51-43(42-58-50-49(57)48(56)47(55)45(41-52)59-50)44(53)39-37-35-33-31-29-27-16-14-12-10-8-6-4-2/h23-24,29,31,37,39,43-45,47-50,52-53,55-57H,3-22,25-28,30,32-36,38,40-42H2,1-2H3,(H,51,54)/b24-23-,31-29+,39-37+. The number of hydrogen-bond acceptors (Lipinski definition) is 8. The number of allylic oxidation sites excluding steroid dienone is 5. The van der Waals surface area contributed by atoms with Crippen molar-refractivity contribution in [3.05, 3.63) is 36.5 Å². The molecule has 0 aromatic heterocycles. The summed E-state index contributed by atoms with van der Waals surface area (Å²) in [4.78, 5) is 13.0. The molecule has 1 saturated heterocycles. The summed E-state index contributed by atoms with van der Waals surface area (Å²) in [7, 11) is 0. The molecule has 0 radical (unpaired) electrons. The lowest BCUT2D eigenvalue weighted by Gasteiger charge is -2.40. The molecule has 9 heteroatoms. The molecule has 6 N–H and O–H groups in total. The first-order chi connectivity index (χ1) is 28.8. The molecule has 9 nitrogen and oxygen atoms in total. The van der Waals surface area contributed by atoms with Gasteiger partial charge in [0.15, 0.2) is 6.29 Å². The highest BCUT2D eigenvalue weighted by Gasteiger charge is 2.44. The van der Waals surface area contributed by atoms with E-state index in [9.17, 15) is 30.3 Å². The van der Waals surface area contributed by atoms with E-state index in [-0.39, 0.29) is 12.5 Å². The van der Waals surface area contributed by atoms with E-state index in [4.69, 9.17) is 9.47 Å². The van der Waals surface area contributed by atoms with Gasteiger partial charge in [0.25, 0.3) is 0 Å². The number of aliphatic hydroxyl groups excluding tert-OH is 5. The van der Waals surface area contributed by atoms with Crippen molar-refractivity contribution in [1.82, 2.24) is 5.32 Å². The van der Waals surface area contributed by atoms with Gasteiger partial charge in [-0.15, -0.1) is 0 Å². The van der Waals surface area contributed by atoms with Crippen LogP contribution in [-0.2, 0) is 14.3 Å². The third kappa shape index (κ3) is 31.0. The maximum absolute atomic E-state index is 13.0. The fourth-order valence-corrected chi connectivity index (χ4v) is 7.70. The number of rotatable bonds is 41. The highest BCUT2D eigenvalue weighted by molar-refractivity contribution is 5.76. The van der Waals surface area contributed by atoms with Crippen LogP contribution in [0.25, 0.3) is 0 Å². The summed E-state index contributed by atoms with van der Waals surface area (Å²) in [5.41, 5.74) is 0. The SMILES string of the molecule is CCCCCCCCC/C=C/CC/C=C/C(O)C(COC1OC(CO)C(O)C(O)C1O)NC(=O)CCCCCCCCC/C=C\CCCCCCCCCCCCCC. The Bertz CT molecular complexity index is 1020. The lowest BCUT2D eigenvalue weighted by atomic mass is 9.99. The Balaban J connectivity index is 2.29. The summed E-state index contributed by atoms with van der Waals surface area (Å²) in [5.74, 6) is -0.191. The second-order valence-electron chi connectivity index (χ2n) is 17.2. The lowest BCUT2D eigenvalue weighted by Crippen LogP contribution is -2.60. The molecular formula is C50H93NO8. The van der Waals surface area contributed by atoms with E-state index >= 15 is 0 Å². The first kappa shape index (κ1) is 55.4. The van der Waals surface area contributed by atoms with E-state index in [2.05, 4.69) is 43.5 Å². The van der Waals surface area contributed by atoms with Gasteiger partial charge in [-0.1, -0.05) is 192 Å². The zero-order valence-corrected chi connectivity index (χ0v) is 38.0. The van der Waals surface area contributed by atoms with Crippen LogP contribution >= 0.6 is 0 Å². The zero-order chi connectivity index (χ0) is 43.0. The third-order valence-electron chi connectivity index (χ3n) is 11.7. The Morgan fingerprint density at radius 1 is 0.559 bits per heavy atom. The number of carbonyl (C=O) groups is 1. The number of amides is 1. The number of ether oxygens (including phenoxy) is 2. The third-order valence-corrected chi connectivity index (χ3v) is 11.7. The van der Waals surface area contributed by atoms with E-state index in [1.807, 2.05) is 6.08 Å². The maximum atomic E-state index is 13.0. The van der Waals surface area contributed by atoms with Crippen LogP contribution in [0.5, 0.6) is 0 Å². The first-order valence-corrected chi connectivity index (χ1v) is 24.7. The minimum atomic E-state index is -1.57. The van der Waals surface area contributed by atoms with Crippen molar-refractivity contribution in [3.8, 4) is 0 Å². The predicted molar refractivity (Wildman–Crippen MR) is 244 cm³/mol. The molecule has 0 spiro atoms. The number of unbranched alkanes of at least 4 members (excludes halogenated alkanes) is 27. The van der Waals surface area contributed by atoms with Crippen LogP contribution in [-0.4, -0.2) is 87.5 Å². The molecule has 346 valence electrons. The number of hydrogen-bond donors (Lipinski definition) is 6. The average Bonchev–Trinajstić information content (AvgIpc) is 3.23. The van der Waals surface area contributed by atoms with Gasteiger partial charge in [0.05, 0.1) is 25.4 Å². The van der Waals surface area contributed by atoms with Crippen molar-refractivity contribution < 1.29 is 39.8 Å². The van der Waals surface area contributed by atoms with Gasteiger partial charge in [0.2, 0.25) is 5.91 Å². The van der Waals surface area contributed by atoms with Gasteiger partial charge in [-0.3, -0.25) is 4.79 Å². The predicted octanol–water partition coefficient (Wildman–Crippen LogP) is 10.8. The molecule has 0 aliphatic carbocycles. The quantitative estimate of drug-likeness (QED) is 0.0263. The Morgan fingerprint density at radius 3 is 1.42 bits per heavy atom. The van der Waals surface area contributed by atoms with Crippen LogP contribution in [0, 0.1) is 0 Å². The summed E-state index contributed by atoms with van der Waals surface area (Å²) < 4.78 is 11.2. The van der Waals surface area contributed by atoms with Gasteiger partial charge in [-0.25, -0.2) is 0 Å². The molecule has 7 unspecified atom stereocenters. The molecular weight excluding hydrogens is 743 g/mol. The first-order valence-electron chi connectivity index (χ1n) is 24.7. The van der Waals surface area contributed by atoms with Gasteiger partial charge in [0.1, 0.15) is 24.4 Å². The Morgan fingerprint density at radius 2 is 0.966 bits per heavy atom. The second kappa shape index (κ2) is 40.5. The highest BCUT2D eigenvalue weighted by atomic mass is 16.7. The lowest BCUT2D eigenvalue weighted by molar-refractivity contribution is -0.302. The molecule has 59 heavy (non-hydrogen) atoms. The summed E-state index contributed by atoms with van der Waals surface area (Å²) in [5, 5.41) is 54.2. The highest BCUT2D eigenvalue weighted by Crippen LogP contribution is 2.23. The van der Waals surface area contributed by atoms with Crippen LogP contribution in [0.4, 0.5) is 0 Å². The van der Waals surface area contributed by atoms with E-state index in [1.165, 1.54) is 148 Å². The molecule has 1 fully saturated rings. The van der Waals surface area contributed by atoms with Crippen molar-refractivity contribution in [2.45, 2.75) is 262 Å². The van der Waals surface area contributed by atoms with Gasteiger partial charge in [0, 0.05) is 6.42 Å². The number of aliphatic hydroxyl groups is 5. The maximum Gasteiger partial charge on any atom is 0.220 e. The van der Waals surface area contributed by atoms with Gasteiger partial charge in [-0.05, 0) is 57.8 Å². The van der Waals surface area contributed by atoms with E-state index in [1.54, 1.807) is 6.08 Å². The van der Waals surface area contributed by atoms with Gasteiger partial charge in [-0.2, -0.15) is 0 Å². The normalized spacial score (nSPS) is 21.0. The zero-order valence-electron chi connectivity index (χ0n) is 38.0. The fourth-order valence-electron chi connectivity index (χ4n) is 7.70. The van der Waals surface area contributed by atoms with Crippen molar-refractivity contribution in [3.63, 3.8) is 0 Å². The summed E-state index contributed by atoms with van der Waals surface area (Å²) in [6.07, 6.45) is 43.4. The van der Waals surface area contributed by atoms with Crippen molar-refractivity contribution >= 4 is 5.91 Å². The van der Waals surface area contributed by atoms with Crippen molar-refractivity contribution in [2.24, 2.45) is 0 Å². The van der Waals surface area contributed by atoms with Crippen LogP contribution in [0.2, 0.25) is 0 Å². The molecule has 1 amide bonds. The molecule has 7 atom stereocenters. The minimum absolute atomic E-state index is 0.191. The second-order valence-corrected chi connectivity index (χ2v) is 17.2. The van der Waals surface area contributed by atoms with Crippen molar-refractivity contribution in [1.29, 1.82) is 0 Å². The monoisotopic (exact) mass is 836 g/mol. The molecule has 1 rings (SSSR count). The van der Waals surface area contributed by atoms with Gasteiger partial charge >= 0.3 is 0 Å². The summed E-state index contributed by atoms with van der Waals surface area (Å²) in [6, 6.07) is -0.822. The molecule has 1 aliphatic heterocycles. The average molecular weight is 836 g/mol. The van der Waals surface area contributed by atoms with E-state index < -0.39 is 49.5 Å². The molecule has 0 aromatic rings.